The van der Waals surface area contributed by atoms with E-state index in [4.69, 9.17) is 16.2 Å². The second-order valence-corrected chi connectivity index (χ2v) is 5.14. The van der Waals surface area contributed by atoms with E-state index in [1.165, 1.54) is 12.1 Å². The van der Waals surface area contributed by atoms with Gasteiger partial charge < -0.3 is 16.2 Å². The van der Waals surface area contributed by atoms with Gasteiger partial charge in [0.15, 0.2) is 0 Å². The molecule has 3 aromatic rings. The molecule has 0 bridgehead atoms. The Morgan fingerprint density at radius 2 is 2.00 bits per heavy atom. The van der Waals surface area contributed by atoms with Gasteiger partial charge in [0.2, 0.25) is 5.91 Å². The number of carbonyl (C=O) groups excluding carboxylic acids is 1. The van der Waals surface area contributed by atoms with Gasteiger partial charge in [0.05, 0.1) is 11.2 Å². The SMILES string of the molecule is Cc1cc2nccc(Oc3ccc(N)c(F)c3)c2cc1C(N)=O. The summed E-state index contributed by atoms with van der Waals surface area (Å²) < 4.78 is 19.3. The molecule has 0 saturated carbocycles. The summed E-state index contributed by atoms with van der Waals surface area (Å²) in [6.45, 7) is 1.78. The molecule has 0 fully saturated rings. The molecule has 2 aromatic carbocycles. The molecule has 0 unspecified atom stereocenters. The average Bonchev–Trinajstić information content (AvgIpc) is 2.50. The fraction of sp³-hybridized carbons (Fsp3) is 0.0588. The van der Waals surface area contributed by atoms with Crippen LogP contribution in [-0.2, 0) is 0 Å². The number of halogens is 1. The number of amides is 1. The maximum atomic E-state index is 13.5. The quantitative estimate of drug-likeness (QED) is 0.727. The molecule has 0 aliphatic rings. The minimum absolute atomic E-state index is 0.0450. The molecule has 0 saturated heterocycles. The van der Waals surface area contributed by atoms with E-state index >= 15 is 0 Å². The Hall–Kier alpha value is -3.15. The highest BCUT2D eigenvalue weighted by molar-refractivity contribution is 5.99. The lowest BCUT2D eigenvalue weighted by molar-refractivity contribution is 0.1000. The topological polar surface area (TPSA) is 91.2 Å². The van der Waals surface area contributed by atoms with E-state index in [9.17, 15) is 9.18 Å². The molecule has 1 heterocycles. The van der Waals surface area contributed by atoms with Crippen molar-refractivity contribution in [1.29, 1.82) is 0 Å². The van der Waals surface area contributed by atoms with Gasteiger partial charge in [-0.15, -0.1) is 0 Å². The maximum absolute atomic E-state index is 13.5. The summed E-state index contributed by atoms with van der Waals surface area (Å²) in [7, 11) is 0. The molecule has 0 spiro atoms. The van der Waals surface area contributed by atoms with Gasteiger partial charge in [-0.25, -0.2) is 4.39 Å². The van der Waals surface area contributed by atoms with Crippen molar-refractivity contribution in [2.45, 2.75) is 6.92 Å². The first kappa shape index (κ1) is 14.8. The molecule has 0 aliphatic heterocycles. The van der Waals surface area contributed by atoms with Crippen molar-refractivity contribution >= 4 is 22.5 Å². The third-order valence-electron chi connectivity index (χ3n) is 3.51. The molecular weight excluding hydrogens is 297 g/mol. The standard InChI is InChI=1S/C17H14FN3O2/c1-9-6-15-12(8-11(9)17(20)22)16(4-5-21-15)23-10-2-3-14(19)13(18)7-10/h2-8H,19H2,1H3,(H2,20,22). The molecule has 0 aliphatic carbocycles. The van der Waals surface area contributed by atoms with Gasteiger partial charge in [0.1, 0.15) is 17.3 Å². The number of nitrogen functional groups attached to an aromatic ring is 1. The summed E-state index contributed by atoms with van der Waals surface area (Å²) in [5.41, 5.74) is 12.6. The molecule has 6 heteroatoms. The Balaban J connectivity index is 2.11. The number of aromatic nitrogens is 1. The summed E-state index contributed by atoms with van der Waals surface area (Å²) in [5, 5.41) is 0.615. The fourth-order valence-corrected chi connectivity index (χ4v) is 2.32. The lowest BCUT2D eigenvalue weighted by Gasteiger charge is -2.11. The largest absolute Gasteiger partial charge is 0.456 e. The summed E-state index contributed by atoms with van der Waals surface area (Å²) >= 11 is 0. The van der Waals surface area contributed by atoms with E-state index < -0.39 is 11.7 Å². The van der Waals surface area contributed by atoms with E-state index in [0.29, 0.717) is 28.0 Å². The Kier molecular flexibility index (Phi) is 3.57. The van der Waals surface area contributed by atoms with Gasteiger partial charge >= 0.3 is 0 Å². The van der Waals surface area contributed by atoms with Crippen molar-refractivity contribution in [3.05, 3.63) is 59.5 Å². The van der Waals surface area contributed by atoms with Crippen LogP contribution in [-0.4, -0.2) is 10.9 Å². The minimum atomic E-state index is -0.561. The zero-order valence-electron chi connectivity index (χ0n) is 12.3. The van der Waals surface area contributed by atoms with E-state index in [-0.39, 0.29) is 5.69 Å². The molecule has 5 nitrogen and oxygen atoms in total. The molecular formula is C17H14FN3O2. The van der Waals surface area contributed by atoms with Crippen LogP contribution in [0.25, 0.3) is 10.9 Å². The number of nitrogens with zero attached hydrogens (tertiary/aromatic N) is 1. The number of ether oxygens (including phenoxy) is 1. The molecule has 1 aromatic heterocycles. The maximum Gasteiger partial charge on any atom is 0.248 e. The van der Waals surface area contributed by atoms with Gasteiger partial charge in [-0.05, 0) is 42.8 Å². The summed E-state index contributed by atoms with van der Waals surface area (Å²) in [4.78, 5) is 15.8. The predicted molar refractivity (Wildman–Crippen MR) is 85.9 cm³/mol. The van der Waals surface area contributed by atoms with E-state index in [1.54, 1.807) is 37.4 Å². The van der Waals surface area contributed by atoms with Gasteiger partial charge in [-0.1, -0.05) is 0 Å². The predicted octanol–water partition coefficient (Wildman–Crippen LogP) is 3.16. The number of benzene rings is 2. The second-order valence-electron chi connectivity index (χ2n) is 5.14. The molecule has 23 heavy (non-hydrogen) atoms. The van der Waals surface area contributed by atoms with Crippen LogP contribution < -0.4 is 16.2 Å². The number of nitrogens with two attached hydrogens (primary N) is 2. The number of pyridine rings is 1. The second kappa shape index (κ2) is 5.57. The zero-order chi connectivity index (χ0) is 16.6. The molecule has 4 N–H and O–H groups in total. The molecule has 0 radical (unpaired) electrons. The molecule has 0 atom stereocenters. The molecule has 116 valence electrons. The number of carbonyl (C=O) groups is 1. The van der Waals surface area contributed by atoms with Crippen molar-refractivity contribution in [2.75, 3.05) is 5.73 Å². The Morgan fingerprint density at radius 1 is 1.22 bits per heavy atom. The third kappa shape index (κ3) is 2.78. The van der Waals surface area contributed by atoms with E-state index in [2.05, 4.69) is 4.98 Å². The van der Waals surface area contributed by atoms with Crippen molar-refractivity contribution in [2.24, 2.45) is 5.73 Å². The van der Waals surface area contributed by atoms with Crippen LogP contribution in [0.5, 0.6) is 11.5 Å². The Labute approximate surface area is 131 Å². The highest BCUT2D eigenvalue weighted by Crippen LogP contribution is 2.31. The number of rotatable bonds is 3. The van der Waals surface area contributed by atoms with Gasteiger partial charge in [-0.3, -0.25) is 9.78 Å². The Morgan fingerprint density at radius 3 is 2.70 bits per heavy atom. The average molecular weight is 311 g/mol. The van der Waals surface area contributed by atoms with Crippen molar-refractivity contribution < 1.29 is 13.9 Å². The monoisotopic (exact) mass is 311 g/mol. The van der Waals surface area contributed by atoms with Crippen LogP contribution in [0.15, 0.2) is 42.6 Å². The van der Waals surface area contributed by atoms with Crippen LogP contribution in [0.4, 0.5) is 10.1 Å². The summed E-state index contributed by atoms with van der Waals surface area (Å²) in [5.74, 6) is -0.348. The van der Waals surface area contributed by atoms with E-state index in [1.807, 2.05) is 0 Å². The molecule has 1 amide bonds. The first-order chi connectivity index (χ1) is 11.0. The molecule has 3 rings (SSSR count). The third-order valence-corrected chi connectivity index (χ3v) is 3.51. The van der Waals surface area contributed by atoms with Crippen molar-refractivity contribution in [3.63, 3.8) is 0 Å². The number of hydrogen-bond acceptors (Lipinski definition) is 4. The van der Waals surface area contributed by atoms with Gasteiger partial charge in [0, 0.05) is 23.2 Å². The number of aryl methyl sites for hydroxylation is 1. The summed E-state index contributed by atoms with van der Waals surface area (Å²) in [6, 6.07) is 9.21. The first-order valence-corrected chi connectivity index (χ1v) is 6.88. The number of anilines is 1. The van der Waals surface area contributed by atoms with Crippen LogP contribution >= 0.6 is 0 Å². The minimum Gasteiger partial charge on any atom is -0.456 e. The zero-order valence-corrected chi connectivity index (χ0v) is 12.3. The van der Waals surface area contributed by atoms with E-state index in [0.717, 1.165) is 5.56 Å². The highest BCUT2D eigenvalue weighted by Gasteiger charge is 2.12. The Bertz CT molecular complexity index is 925. The normalized spacial score (nSPS) is 10.7. The summed E-state index contributed by atoms with van der Waals surface area (Å²) in [6.07, 6.45) is 1.58. The van der Waals surface area contributed by atoms with Crippen LogP contribution in [0.1, 0.15) is 15.9 Å². The van der Waals surface area contributed by atoms with Crippen molar-refractivity contribution in [3.8, 4) is 11.5 Å². The number of fused-ring (bicyclic) bond motifs is 1. The number of hydrogen-bond donors (Lipinski definition) is 2. The lowest BCUT2D eigenvalue weighted by Crippen LogP contribution is -2.12. The van der Waals surface area contributed by atoms with Crippen LogP contribution in [0.3, 0.4) is 0 Å². The smallest absolute Gasteiger partial charge is 0.248 e. The highest BCUT2D eigenvalue weighted by atomic mass is 19.1. The van der Waals surface area contributed by atoms with Crippen LogP contribution in [0, 0.1) is 12.7 Å². The first-order valence-electron chi connectivity index (χ1n) is 6.88. The van der Waals surface area contributed by atoms with Crippen molar-refractivity contribution in [1.82, 2.24) is 4.98 Å². The fourth-order valence-electron chi connectivity index (χ4n) is 2.32. The van der Waals surface area contributed by atoms with Crippen LogP contribution in [0.2, 0.25) is 0 Å². The lowest BCUT2D eigenvalue weighted by atomic mass is 10.0. The van der Waals surface area contributed by atoms with Gasteiger partial charge in [-0.2, -0.15) is 0 Å². The van der Waals surface area contributed by atoms with Gasteiger partial charge in [0.25, 0.3) is 0 Å². The number of primary amides is 1.